The standard InChI is InChI=1S/C69H134O17P2/c1-6-9-12-15-18-20-21-22-23-24-25-26-27-28-29-30-31-33-40-45-50-55-69(74)86-65(59-80-67(72)53-48-43-38-35-34-37-41-46-51-62(4)5)61-84-88(77,78)82-57-63(70)56-81-87(75,76)83-60-64(58-79-66(71)52-47-42-36-17-14-11-8-3)85-68(73)54-49-44-39-32-19-16-13-10-7-2/h62-65,70H,6-61H2,1-5H3,(H,75,76)(H,77,78)/t63-,64+,65+/m0/s1. The molecule has 0 aromatic heterocycles. The van der Waals surface area contributed by atoms with Gasteiger partial charge in [-0.2, -0.15) is 0 Å². The van der Waals surface area contributed by atoms with Crippen molar-refractivity contribution in [2.75, 3.05) is 39.6 Å². The molecule has 3 N–H and O–H groups in total. The lowest BCUT2D eigenvalue weighted by Crippen LogP contribution is -2.30. The molecule has 17 nitrogen and oxygen atoms in total. The summed E-state index contributed by atoms with van der Waals surface area (Å²) >= 11 is 0. The van der Waals surface area contributed by atoms with Gasteiger partial charge in [0, 0.05) is 25.7 Å². The molecule has 0 aliphatic rings. The van der Waals surface area contributed by atoms with E-state index in [1.54, 1.807) is 0 Å². The Kier molecular flexibility index (Phi) is 61.1. The molecule has 522 valence electrons. The van der Waals surface area contributed by atoms with Gasteiger partial charge in [-0.1, -0.05) is 304 Å². The van der Waals surface area contributed by atoms with Crippen LogP contribution in [0.2, 0.25) is 0 Å². The van der Waals surface area contributed by atoms with Crippen LogP contribution in [0.1, 0.15) is 356 Å². The minimum absolute atomic E-state index is 0.105. The smallest absolute Gasteiger partial charge is 0.462 e. The number of carbonyl (C=O) groups excluding carboxylic acids is 4. The minimum Gasteiger partial charge on any atom is -0.462 e. The summed E-state index contributed by atoms with van der Waals surface area (Å²) in [4.78, 5) is 72.2. The predicted molar refractivity (Wildman–Crippen MR) is 354 cm³/mol. The van der Waals surface area contributed by atoms with E-state index < -0.39 is 97.5 Å². The number of aliphatic hydroxyl groups excluding tert-OH is 1. The Hall–Kier alpha value is -1.94. The highest BCUT2D eigenvalue weighted by Gasteiger charge is 2.30. The zero-order chi connectivity index (χ0) is 64.9. The lowest BCUT2D eigenvalue weighted by Gasteiger charge is -2.21. The number of hydrogen-bond acceptors (Lipinski definition) is 15. The van der Waals surface area contributed by atoms with Crippen LogP contribution in [0, 0.1) is 5.92 Å². The van der Waals surface area contributed by atoms with Crippen molar-refractivity contribution in [3.63, 3.8) is 0 Å². The Morgan fingerprint density at radius 2 is 0.523 bits per heavy atom. The van der Waals surface area contributed by atoms with Gasteiger partial charge in [-0.25, -0.2) is 9.13 Å². The highest BCUT2D eigenvalue weighted by atomic mass is 31.2. The van der Waals surface area contributed by atoms with Gasteiger partial charge in [-0.15, -0.1) is 0 Å². The quantitative estimate of drug-likeness (QED) is 0.0222. The summed E-state index contributed by atoms with van der Waals surface area (Å²) in [7, 11) is -9.89. The third kappa shape index (κ3) is 62.8. The van der Waals surface area contributed by atoms with Gasteiger partial charge in [0.05, 0.1) is 26.4 Å². The number of carbonyl (C=O) groups is 4. The maximum Gasteiger partial charge on any atom is 0.472 e. The van der Waals surface area contributed by atoms with Gasteiger partial charge in [0.1, 0.15) is 19.3 Å². The fourth-order valence-corrected chi connectivity index (χ4v) is 12.0. The molecule has 0 aliphatic carbocycles. The Labute approximate surface area is 537 Å². The average Bonchev–Trinajstić information content (AvgIpc) is 3.59. The molecule has 0 saturated carbocycles. The molecule has 0 rings (SSSR count). The molecule has 2 unspecified atom stereocenters. The second-order valence-corrected chi connectivity index (χ2v) is 28.3. The monoisotopic (exact) mass is 1300 g/mol. The summed E-state index contributed by atoms with van der Waals surface area (Å²) in [6.07, 6.45) is 49.0. The third-order valence-corrected chi connectivity index (χ3v) is 17.9. The van der Waals surface area contributed by atoms with Gasteiger partial charge in [-0.3, -0.25) is 37.3 Å². The largest absolute Gasteiger partial charge is 0.472 e. The molecule has 0 heterocycles. The zero-order valence-electron chi connectivity index (χ0n) is 56.9. The molecule has 0 fully saturated rings. The van der Waals surface area contributed by atoms with Crippen molar-refractivity contribution < 1.29 is 80.2 Å². The number of aliphatic hydroxyl groups is 1. The molecule has 88 heavy (non-hydrogen) atoms. The molecule has 0 aromatic rings. The maximum absolute atomic E-state index is 13.0. The third-order valence-electron chi connectivity index (χ3n) is 16.0. The van der Waals surface area contributed by atoms with Crippen LogP contribution >= 0.6 is 15.6 Å². The van der Waals surface area contributed by atoms with Crippen LogP contribution in [-0.4, -0.2) is 96.7 Å². The molecular weight excluding hydrogens is 1160 g/mol. The van der Waals surface area contributed by atoms with Gasteiger partial charge >= 0.3 is 39.5 Å². The molecule has 0 aliphatic heterocycles. The van der Waals surface area contributed by atoms with Crippen molar-refractivity contribution in [3.05, 3.63) is 0 Å². The SMILES string of the molecule is CCCCCCCCCCCCCCCCCCCCCCCC(=O)O[C@H](COC(=O)CCCCCCCCCCC(C)C)COP(=O)(O)OC[C@@H](O)COP(=O)(O)OC[C@@H](COC(=O)CCCCCCCCC)OC(=O)CCCCCCCCCCC. The molecule has 0 amide bonds. The molecule has 0 bridgehead atoms. The number of hydrogen-bond donors (Lipinski definition) is 3. The number of esters is 4. The second kappa shape index (κ2) is 62.5. The summed E-state index contributed by atoms with van der Waals surface area (Å²) in [5.74, 6) is -1.41. The van der Waals surface area contributed by atoms with Gasteiger partial charge < -0.3 is 33.8 Å². The molecular formula is C69H134O17P2. The van der Waals surface area contributed by atoms with Crippen molar-refractivity contribution in [1.82, 2.24) is 0 Å². The molecule has 19 heteroatoms. The van der Waals surface area contributed by atoms with E-state index in [-0.39, 0.29) is 25.7 Å². The van der Waals surface area contributed by atoms with Crippen molar-refractivity contribution in [2.45, 2.75) is 374 Å². The minimum atomic E-state index is -4.95. The number of unbranched alkanes of at least 4 members (excludes halogenated alkanes) is 41. The fraction of sp³-hybridized carbons (Fsp3) is 0.942. The summed E-state index contributed by atoms with van der Waals surface area (Å²) in [6.45, 7) is 7.14. The van der Waals surface area contributed by atoms with E-state index in [0.717, 1.165) is 109 Å². The van der Waals surface area contributed by atoms with E-state index in [1.807, 2.05) is 0 Å². The highest BCUT2D eigenvalue weighted by Crippen LogP contribution is 2.45. The first-order valence-corrected chi connectivity index (χ1v) is 39.1. The van der Waals surface area contributed by atoms with Crippen LogP contribution in [0.5, 0.6) is 0 Å². The number of phosphoric ester groups is 2. The first-order chi connectivity index (χ1) is 42.5. The molecule has 5 atom stereocenters. The van der Waals surface area contributed by atoms with E-state index in [0.29, 0.717) is 25.7 Å². The van der Waals surface area contributed by atoms with Crippen LogP contribution in [0.4, 0.5) is 0 Å². The average molecular weight is 1300 g/mol. The van der Waals surface area contributed by atoms with E-state index in [1.165, 1.54) is 167 Å². The van der Waals surface area contributed by atoms with Crippen molar-refractivity contribution in [2.24, 2.45) is 5.92 Å². The van der Waals surface area contributed by atoms with Crippen LogP contribution in [-0.2, 0) is 65.4 Å². The maximum atomic E-state index is 13.0. The molecule has 0 aromatic carbocycles. The van der Waals surface area contributed by atoms with E-state index >= 15 is 0 Å². The van der Waals surface area contributed by atoms with Crippen molar-refractivity contribution in [3.8, 4) is 0 Å². The summed E-state index contributed by atoms with van der Waals surface area (Å²) in [6, 6.07) is 0. The lowest BCUT2D eigenvalue weighted by molar-refractivity contribution is -0.161. The molecule has 0 radical (unpaired) electrons. The van der Waals surface area contributed by atoms with Crippen LogP contribution in [0.15, 0.2) is 0 Å². The Morgan fingerprint density at radius 3 is 0.773 bits per heavy atom. The van der Waals surface area contributed by atoms with Gasteiger partial charge in [0.2, 0.25) is 0 Å². The van der Waals surface area contributed by atoms with Gasteiger partial charge in [-0.05, 0) is 31.6 Å². The van der Waals surface area contributed by atoms with E-state index in [2.05, 4.69) is 34.6 Å². The first-order valence-electron chi connectivity index (χ1n) is 36.1. The summed E-state index contributed by atoms with van der Waals surface area (Å²) in [5.41, 5.74) is 0. The first kappa shape index (κ1) is 86.1. The van der Waals surface area contributed by atoms with Gasteiger partial charge in [0.25, 0.3) is 0 Å². The van der Waals surface area contributed by atoms with E-state index in [9.17, 15) is 43.2 Å². The fourth-order valence-electron chi connectivity index (χ4n) is 10.5. The number of ether oxygens (including phenoxy) is 4. The topological polar surface area (TPSA) is 237 Å². The normalized spacial score (nSPS) is 14.1. The lowest BCUT2D eigenvalue weighted by atomic mass is 10.0. The van der Waals surface area contributed by atoms with Crippen LogP contribution in [0.25, 0.3) is 0 Å². The second-order valence-electron chi connectivity index (χ2n) is 25.4. The Balaban J connectivity index is 5.11. The van der Waals surface area contributed by atoms with Crippen molar-refractivity contribution in [1.29, 1.82) is 0 Å². The number of rotatable bonds is 69. The summed E-state index contributed by atoms with van der Waals surface area (Å²) in [5, 5.41) is 10.5. The van der Waals surface area contributed by atoms with Crippen LogP contribution < -0.4 is 0 Å². The Bertz CT molecular complexity index is 1700. The van der Waals surface area contributed by atoms with Crippen LogP contribution in [0.3, 0.4) is 0 Å². The Morgan fingerprint density at radius 1 is 0.307 bits per heavy atom. The van der Waals surface area contributed by atoms with Crippen molar-refractivity contribution >= 4 is 39.5 Å². The highest BCUT2D eigenvalue weighted by molar-refractivity contribution is 7.47. The summed E-state index contributed by atoms with van der Waals surface area (Å²) < 4.78 is 68.0. The zero-order valence-corrected chi connectivity index (χ0v) is 58.6. The molecule has 0 spiro atoms. The predicted octanol–water partition coefficient (Wildman–Crippen LogP) is 19.7. The van der Waals surface area contributed by atoms with Gasteiger partial charge in [0.15, 0.2) is 12.2 Å². The molecule has 0 saturated heterocycles. The number of phosphoric acid groups is 2. The van der Waals surface area contributed by atoms with E-state index in [4.69, 9.17) is 37.0 Å².